The van der Waals surface area contributed by atoms with Crippen molar-refractivity contribution >= 4 is 108 Å². The SMILES string of the molecule is C#CC#CC#CC#CC#CC#CC#CC#CC#CC#CC#CC#CC#CC#CC#CC#CC#CC#CC#CC#CC#CC#CC#CC#CC#CC#CC#CC#CC#CC#CC#CC#CC#CC#CC#CC#CC#CC#CC#CC#CC#CC#CC.C=C.O=C(O)Cc1ccccc1Br.O=C1CCc2cccc(Br)c2C1.O=S(Cl)Cl.[Cl][AlH][Cl]. The quantitative estimate of drug-likeness (QED) is 0.144. The van der Waals surface area contributed by atoms with E-state index < -0.39 is 28.6 Å². The summed E-state index contributed by atoms with van der Waals surface area (Å²) in [5.74, 6) is 206. The normalized spacial score (nSPS) is 5.85. The summed E-state index contributed by atoms with van der Waals surface area (Å²) >= 11 is 6.08. The topological polar surface area (TPSA) is 71.4 Å². The maximum atomic E-state index is 11.2. The molecule has 0 fully saturated rings. The molecule has 0 atom stereocenters. The highest BCUT2D eigenvalue weighted by Crippen LogP contribution is 2.26. The van der Waals surface area contributed by atoms with Gasteiger partial charge in [0.1, 0.15) is 5.78 Å². The van der Waals surface area contributed by atoms with E-state index in [1.165, 1.54) is 11.1 Å². The zero-order valence-electron chi connectivity index (χ0n) is 59.9. The van der Waals surface area contributed by atoms with Gasteiger partial charge in [-0.2, -0.15) is 0 Å². The van der Waals surface area contributed by atoms with Crippen LogP contribution in [0.1, 0.15) is 30.0 Å². The molecule has 2 aromatic rings. The average molecular weight is 1710 g/mol. The van der Waals surface area contributed by atoms with Crippen molar-refractivity contribution in [1.29, 1.82) is 0 Å². The molecule has 12 heteroatoms. The molecule has 2 aromatic carbocycles. The minimum absolute atomic E-state index is 0.0709. The van der Waals surface area contributed by atoms with E-state index in [0.717, 1.165) is 20.9 Å². The Hall–Kier alpha value is -18.4. The summed E-state index contributed by atoms with van der Waals surface area (Å²) in [6, 6.07) is 13.4. The van der Waals surface area contributed by atoms with Crippen LogP contribution in [0.25, 0.3) is 0 Å². The van der Waals surface area contributed by atoms with Gasteiger partial charge in [0.2, 0.25) is 9.23 Å². The van der Waals surface area contributed by atoms with Crippen molar-refractivity contribution in [2.24, 2.45) is 0 Å². The molecule has 3 rings (SSSR count). The number of carboxylic acids is 1. The van der Waals surface area contributed by atoms with E-state index in [1.54, 1.807) is 13.0 Å². The number of rotatable bonds is 2. The Kier molecular flexibility index (Phi) is 79.1. The van der Waals surface area contributed by atoms with E-state index in [2.05, 4.69) is 564 Å². The molecule has 0 saturated carbocycles. The standard InChI is InChI=1S/C85H4.C10H9BrO.C8H7BrO2.C2H4.Al.Cl2OS.2ClH.H/c1-3-5-7-9-11-13-15-17-19-21-23-25-27-29-31-33-35-37-39-41-43-45-47-49-51-53-55-57-59-61-63-65-67-69-71-73-75-77-79-81-83-85-84-82-80-78-76-74-72-70-68-66-64-62-60-58-56-54-52-50-48-46-44-42-40-38-36-34-32-30-28-26-24-22-20-18-16-14-12-10-8-6-4-2;11-10-3-1-2-7-4-5-8(12)6-9(7)10;9-7-4-2-1-3-6(7)5-8(10)11;1-2;;1-4(2)3;;;/h1H,2H3;1-3H,4-6H2;1-4H,5H2,(H,10,11);1-2H2;;;2*1H;/q;;;;+2;;;;/p-2. The summed E-state index contributed by atoms with van der Waals surface area (Å²) in [7, 11) is 17.2. The fraction of sp³-hybridized carbons (Fsp3) is 0.0476. The molecular formula is C105H25AlBr2Cl4O4S. The number of carbonyl (C=O) groups is 2. The monoisotopic (exact) mass is 1710 g/mol. The number of terminal acetylenes is 1. The van der Waals surface area contributed by atoms with Crippen LogP contribution in [-0.4, -0.2) is 34.4 Å². The highest BCUT2D eigenvalue weighted by atomic mass is 79.9. The van der Waals surface area contributed by atoms with E-state index in [0.29, 0.717) is 18.6 Å². The molecule has 0 saturated heterocycles. The van der Waals surface area contributed by atoms with Gasteiger partial charge in [0.05, 0.1) is 6.42 Å². The van der Waals surface area contributed by atoms with Crippen LogP contribution in [0.4, 0.5) is 0 Å². The van der Waals surface area contributed by atoms with Crippen molar-refractivity contribution in [3.63, 3.8) is 0 Å². The number of ketones is 1. The van der Waals surface area contributed by atoms with Crippen molar-refractivity contribution in [3.8, 4) is 498 Å². The summed E-state index contributed by atoms with van der Waals surface area (Å²) in [6.07, 6.45) is 7.25. The van der Waals surface area contributed by atoms with Gasteiger partial charge in [-0.15, -0.1) is 19.6 Å². The molecule has 117 heavy (non-hydrogen) atoms. The predicted octanol–water partition coefficient (Wildman–Crippen LogP) is 7.94. The van der Waals surface area contributed by atoms with Gasteiger partial charge in [-0.3, -0.25) is 9.59 Å². The van der Waals surface area contributed by atoms with Gasteiger partial charge in [-0.25, -0.2) is 24.3 Å². The molecule has 0 unspecified atom stereocenters. The van der Waals surface area contributed by atoms with E-state index in [4.69, 9.17) is 35.8 Å². The lowest BCUT2D eigenvalue weighted by Crippen LogP contribution is -2.13. The molecule has 0 amide bonds. The van der Waals surface area contributed by atoms with Crippen LogP contribution in [0.2, 0.25) is 0 Å². The van der Waals surface area contributed by atoms with Gasteiger partial charge in [0.25, 0.3) is 0 Å². The van der Waals surface area contributed by atoms with Crippen molar-refractivity contribution < 1.29 is 18.9 Å². The predicted molar refractivity (Wildman–Crippen MR) is 480 cm³/mol. The lowest BCUT2D eigenvalue weighted by molar-refractivity contribution is -0.136. The van der Waals surface area contributed by atoms with E-state index in [-0.39, 0.29) is 6.42 Å². The highest BCUT2D eigenvalue weighted by molar-refractivity contribution is 9.10. The first-order valence-electron chi connectivity index (χ1n) is 30.0. The van der Waals surface area contributed by atoms with Crippen LogP contribution >= 0.6 is 73.3 Å². The van der Waals surface area contributed by atoms with Crippen LogP contribution in [0.15, 0.2) is 64.6 Å². The van der Waals surface area contributed by atoms with Crippen LogP contribution < -0.4 is 0 Å². The summed E-state index contributed by atoms with van der Waals surface area (Å²) in [5.41, 5.74) is 3.32. The lowest BCUT2D eigenvalue weighted by atomic mass is 9.91. The fourth-order valence-corrected chi connectivity index (χ4v) is 5.94. The molecule has 520 valence electrons. The number of hydrogen-bond acceptors (Lipinski definition) is 3. The third-order valence-electron chi connectivity index (χ3n) is 8.76. The number of fused-ring (bicyclic) bond motifs is 1. The number of carbonyl (C=O) groups excluding carboxylic acids is 1. The first kappa shape index (κ1) is 103. The first-order chi connectivity index (χ1) is 57.5. The van der Waals surface area contributed by atoms with Crippen molar-refractivity contribution in [1.82, 2.24) is 0 Å². The zero-order valence-corrected chi connectivity index (χ0v) is 68.3. The summed E-state index contributed by atoms with van der Waals surface area (Å²) in [6.45, 7) is 7.68. The second-order valence-electron chi connectivity index (χ2n) is 16.1. The van der Waals surface area contributed by atoms with E-state index >= 15 is 0 Å². The fourth-order valence-electron chi connectivity index (χ4n) is 4.97. The van der Waals surface area contributed by atoms with Crippen molar-refractivity contribution in [2.45, 2.75) is 32.6 Å². The maximum absolute atomic E-state index is 11.2. The van der Waals surface area contributed by atoms with Crippen LogP contribution in [0.5, 0.6) is 0 Å². The number of hydrogen-bond donors (Lipinski definition) is 1. The highest BCUT2D eigenvalue weighted by Gasteiger charge is 2.16. The maximum Gasteiger partial charge on any atom is 0.499 e. The Bertz CT molecular complexity index is 7280. The van der Waals surface area contributed by atoms with Gasteiger partial charge in [-0.05, 0) is 137 Å². The Morgan fingerprint density at radius 3 is 0.709 bits per heavy atom. The molecule has 1 aliphatic carbocycles. The minimum Gasteiger partial charge on any atom is -0.481 e. The van der Waals surface area contributed by atoms with Crippen molar-refractivity contribution in [2.75, 3.05) is 0 Å². The molecule has 0 aliphatic heterocycles. The van der Waals surface area contributed by atoms with Crippen molar-refractivity contribution in [3.05, 3.63) is 81.3 Å². The van der Waals surface area contributed by atoms with Crippen LogP contribution in [0, 0.1) is 498 Å². The number of aryl methyl sites for hydroxylation is 1. The molecular weight excluding hydrogens is 1690 g/mol. The third-order valence-corrected chi connectivity index (χ3v) is 10.3. The zero-order chi connectivity index (χ0) is 85.8. The molecule has 4 nitrogen and oxygen atoms in total. The summed E-state index contributed by atoms with van der Waals surface area (Å²) < 4.78 is 11.0. The van der Waals surface area contributed by atoms with Gasteiger partial charge in [0.15, 0.2) is 0 Å². The second-order valence-corrected chi connectivity index (χ2v) is 22.9. The smallest absolute Gasteiger partial charge is 0.481 e. The third kappa shape index (κ3) is 86.5. The second kappa shape index (κ2) is 90.0. The Balaban J connectivity index is -0.00000331. The molecule has 0 aromatic heterocycles. The van der Waals surface area contributed by atoms with Gasteiger partial charge >= 0.3 is 19.3 Å². The first-order valence-corrected chi connectivity index (χ1v) is 38.7. The molecule has 0 bridgehead atoms. The Morgan fingerprint density at radius 1 is 0.350 bits per heavy atom. The Morgan fingerprint density at radius 2 is 0.530 bits per heavy atom. The molecule has 0 heterocycles. The average Bonchev–Trinajstić information content (AvgIpc) is 0.832. The van der Waals surface area contributed by atoms with Crippen LogP contribution in [0.3, 0.4) is 0 Å². The number of aliphatic carboxylic acids is 1. The van der Waals surface area contributed by atoms with Gasteiger partial charge < -0.3 is 5.11 Å². The summed E-state index contributed by atoms with van der Waals surface area (Å²) in [5, 5.41) is 8.47. The van der Waals surface area contributed by atoms with Crippen LogP contribution in [-0.2, 0) is 38.1 Å². The number of carboxylic acid groups (broad SMARTS) is 1. The molecule has 1 aliphatic rings. The largest absolute Gasteiger partial charge is 0.499 e. The molecule has 0 radical (unpaired) electrons. The van der Waals surface area contributed by atoms with E-state index in [9.17, 15) is 9.59 Å². The molecule has 0 spiro atoms. The number of Topliss-reactive ketones (excluding diaryl/α,β-unsaturated/α-hetero) is 1. The Labute approximate surface area is 731 Å². The summed E-state index contributed by atoms with van der Waals surface area (Å²) in [4.78, 5) is 21.5. The molecule has 1 N–H and O–H groups in total. The lowest BCUT2D eigenvalue weighted by Gasteiger charge is -2.15. The number of halogens is 6. The van der Waals surface area contributed by atoms with Gasteiger partial charge in [-0.1, -0.05) is 68.1 Å². The van der Waals surface area contributed by atoms with E-state index in [1.807, 2.05) is 30.3 Å². The van der Waals surface area contributed by atoms with Gasteiger partial charge in [0, 0.05) is 434 Å². The minimum atomic E-state index is -1.67. The number of benzene rings is 2.